The highest BCUT2D eigenvalue weighted by Crippen LogP contribution is 2.53. The first-order valence-electron chi connectivity index (χ1n) is 6.30. The molecule has 1 amide bonds. The number of benzene rings is 1. The molecular weight excluding hydrogens is 212 g/mol. The first-order chi connectivity index (χ1) is 8.12. The van der Waals surface area contributed by atoms with E-state index in [1.165, 1.54) is 12.8 Å². The van der Waals surface area contributed by atoms with Gasteiger partial charge < -0.3 is 11.1 Å². The molecule has 3 nitrogen and oxygen atoms in total. The number of rotatable bonds is 3. The standard InChI is InChI=1S/C14H18N2O/c1-9-3-2-4-11(12(9)15)13(17)16-14(7-8-14)10-5-6-10/h2-4,10H,5-8,15H2,1H3,(H,16,17). The molecule has 90 valence electrons. The van der Waals surface area contributed by atoms with Crippen LogP contribution >= 0.6 is 0 Å². The van der Waals surface area contributed by atoms with Gasteiger partial charge in [0.25, 0.3) is 5.91 Å². The van der Waals surface area contributed by atoms with Crippen LogP contribution < -0.4 is 11.1 Å². The Labute approximate surface area is 101 Å². The van der Waals surface area contributed by atoms with Crippen LogP contribution in [0.5, 0.6) is 0 Å². The second-order valence-electron chi connectivity index (χ2n) is 5.42. The summed E-state index contributed by atoms with van der Waals surface area (Å²) in [5, 5.41) is 3.19. The summed E-state index contributed by atoms with van der Waals surface area (Å²) < 4.78 is 0. The van der Waals surface area contributed by atoms with Crippen molar-refractivity contribution in [2.75, 3.05) is 5.73 Å². The molecule has 2 aliphatic carbocycles. The smallest absolute Gasteiger partial charge is 0.253 e. The van der Waals surface area contributed by atoms with Gasteiger partial charge >= 0.3 is 0 Å². The Morgan fingerprint density at radius 2 is 2.12 bits per heavy atom. The molecule has 2 saturated carbocycles. The maximum atomic E-state index is 12.2. The quantitative estimate of drug-likeness (QED) is 0.782. The molecule has 17 heavy (non-hydrogen) atoms. The number of amides is 1. The number of aryl methyl sites for hydroxylation is 1. The van der Waals surface area contributed by atoms with E-state index in [9.17, 15) is 4.79 Å². The van der Waals surface area contributed by atoms with E-state index in [4.69, 9.17) is 5.73 Å². The summed E-state index contributed by atoms with van der Waals surface area (Å²) in [6.45, 7) is 1.93. The lowest BCUT2D eigenvalue weighted by Crippen LogP contribution is -2.38. The Morgan fingerprint density at radius 1 is 1.41 bits per heavy atom. The van der Waals surface area contributed by atoms with Crippen LogP contribution in [0.4, 0.5) is 5.69 Å². The monoisotopic (exact) mass is 230 g/mol. The molecule has 3 N–H and O–H groups in total. The predicted molar refractivity (Wildman–Crippen MR) is 67.7 cm³/mol. The average Bonchev–Trinajstić information content (AvgIpc) is 3.13. The summed E-state index contributed by atoms with van der Waals surface area (Å²) in [6, 6.07) is 5.62. The summed E-state index contributed by atoms with van der Waals surface area (Å²) in [5.41, 5.74) is 8.27. The summed E-state index contributed by atoms with van der Waals surface area (Å²) in [7, 11) is 0. The van der Waals surface area contributed by atoms with E-state index in [0.717, 1.165) is 24.3 Å². The highest BCUT2D eigenvalue weighted by atomic mass is 16.1. The first kappa shape index (κ1) is 10.6. The van der Waals surface area contributed by atoms with Crippen molar-refractivity contribution in [2.45, 2.75) is 38.1 Å². The van der Waals surface area contributed by atoms with Gasteiger partial charge in [-0.3, -0.25) is 4.79 Å². The van der Waals surface area contributed by atoms with Gasteiger partial charge in [-0.2, -0.15) is 0 Å². The molecule has 0 aromatic heterocycles. The van der Waals surface area contributed by atoms with Crippen molar-refractivity contribution < 1.29 is 4.79 Å². The number of nitrogens with two attached hydrogens (primary N) is 1. The zero-order valence-electron chi connectivity index (χ0n) is 10.1. The van der Waals surface area contributed by atoms with Crippen molar-refractivity contribution in [3.63, 3.8) is 0 Å². The van der Waals surface area contributed by atoms with Crippen LogP contribution in [0, 0.1) is 12.8 Å². The Balaban J connectivity index is 1.80. The lowest BCUT2D eigenvalue weighted by Gasteiger charge is -2.17. The molecule has 2 fully saturated rings. The van der Waals surface area contributed by atoms with E-state index in [1.807, 2.05) is 19.1 Å². The summed E-state index contributed by atoms with van der Waals surface area (Å²) >= 11 is 0. The molecule has 2 aliphatic rings. The molecule has 0 heterocycles. The Morgan fingerprint density at radius 3 is 2.71 bits per heavy atom. The molecule has 1 aromatic rings. The molecule has 1 aromatic carbocycles. The maximum absolute atomic E-state index is 12.2. The average molecular weight is 230 g/mol. The van der Waals surface area contributed by atoms with Crippen molar-refractivity contribution in [3.05, 3.63) is 29.3 Å². The largest absolute Gasteiger partial charge is 0.398 e. The molecule has 0 radical (unpaired) electrons. The molecule has 0 atom stereocenters. The Bertz CT molecular complexity index is 473. The topological polar surface area (TPSA) is 55.1 Å². The van der Waals surface area contributed by atoms with E-state index in [0.29, 0.717) is 11.3 Å². The first-order valence-corrected chi connectivity index (χ1v) is 6.30. The third-order valence-corrected chi connectivity index (χ3v) is 4.08. The van der Waals surface area contributed by atoms with Crippen LogP contribution in [-0.2, 0) is 0 Å². The fourth-order valence-corrected chi connectivity index (χ4v) is 2.58. The highest BCUT2D eigenvalue weighted by molar-refractivity contribution is 6.00. The number of anilines is 1. The maximum Gasteiger partial charge on any atom is 0.253 e. The zero-order chi connectivity index (χ0) is 12.0. The van der Waals surface area contributed by atoms with Crippen LogP contribution in [0.1, 0.15) is 41.6 Å². The van der Waals surface area contributed by atoms with Crippen LogP contribution in [0.15, 0.2) is 18.2 Å². The van der Waals surface area contributed by atoms with E-state index < -0.39 is 0 Å². The Kier molecular flexibility index (Phi) is 2.18. The SMILES string of the molecule is Cc1cccc(C(=O)NC2(C3CC3)CC2)c1N. The van der Waals surface area contributed by atoms with Gasteiger partial charge in [0.15, 0.2) is 0 Å². The van der Waals surface area contributed by atoms with E-state index in [1.54, 1.807) is 6.07 Å². The third kappa shape index (κ3) is 1.79. The van der Waals surface area contributed by atoms with Crippen LogP contribution in [-0.4, -0.2) is 11.4 Å². The molecular formula is C14H18N2O. The van der Waals surface area contributed by atoms with Crippen molar-refractivity contribution in [2.24, 2.45) is 5.92 Å². The minimum atomic E-state index is -0.00407. The van der Waals surface area contributed by atoms with Crippen molar-refractivity contribution >= 4 is 11.6 Å². The van der Waals surface area contributed by atoms with Gasteiger partial charge in [-0.1, -0.05) is 12.1 Å². The van der Waals surface area contributed by atoms with Gasteiger partial charge in [0, 0.05) is 11.2 Å². The number of carbonyl (C=O) groups excluding carboxylic acids is 1. The minimum absolute atomic E-state index is 0.00407. The molecule has 3 heteroatoms. The lowest BCUT2D eigenvalue weighted by atomic mass is 10.1. The number of hydrogen-bond acceptors (Lipinski definition) is 2. The minimum Gasteiger partial charge on any atom is -0.398 e. The molecule has 0 unspecified atom stereocenters. The summed E-state index contributed by atoms with van der Waals surface area (Å²) in [6.07, 6.45) is 4.80. The lowest BCUT2D eigenvalue weighted by molar-refractivity contribution is 0.0926. The van der Waals surface area contributed by atoms with E-state index >= 15 is 0 Å². The van der Waals surface area contributed by atoms with Crippen molar-refractivity contribution in [1.29, 1.82) is 0 Å². The van der Waals surface area contributed by atoms with Gasteiger partial charge in [0.2, 0.25) is 0 Å². The number of para-hydroxylation sites is 1. The van der Waals surface area contributed by atoms with Crippen LogP contribution in [0.25, 0.3) is 0 Å². The fourth-order valence-electron chi connectivity index (χ4n) is 2.58. The second-order valence-corrected chi connectivity index (χ2v) is 5.42. The number of carbonyl (C=O) groups is 1. The summed E-state index contributed by atoms with van der Waals surface area (Å²) in [5.74, 6) is 0.716. The molecule has 0 spiro atoms. The van der Waals surface area contributed by atoms with Crippen LogP contribution in [0.3, 0.4) is 0 Å². The van der Waals surface area contributed by atoms with E-state index in [2.05, 4.69) is 5.32 Å². The Hall–Kier alpha value is -1.51. The molecule has 0 bridgehead atoms. The zero-order valence-corrected chi connectivity index (χ0v) is 10.1. The summed E-state index contributed by atoms with van der Waals surface area (Å²) in [4.78, 5) is 12.2. The molecule has 0 aliphatic heterocycles. The van der Waals surface area contributed by atoms with E-state index in [-0.39, 0.29) is 11.4 Å². The molecule has 0 saturated heterocycles. The third-order valence-electron chi connectivity index (χ3n) is 4.08. The van der Waals surface area contributed by atoms with Gasteiger partial charge in [-0.15, -0.1) is 0 Å². The second kappa shape index (κ2) is 3.49. The van der Waals surface area contributed by atoms with Crippen LogP contribution in [0.2, 0.25) is 0 Å². The van der Waals surface area contributed by atoms with Crippen molar-refractivity contribution in [3.8, 4) is 0 Å². The van der Waals surface area contributed by atoms with Gasteiger partial charge in [0.05, 0.1) is 5.56 Å². The number of nitrogen functional groups attached to an aromatic ring is 1. The van der Waals surface area contributed by atoms with Gasteiger partial charge in [0.1, 0.15) is 0 Å². The van der Waals surface area contributed by atoms with Crippen molar-refractivity contribution in [1.82, 2.24) is 5.32 Å². The number of nitrogens with one attached hydrogen (secondary N) is 1. The predicted octanol–water partition coefficient (Wildman–Crippen LogP) is 2.25. The van der Waals surface area contributed by atoms with Gasteiger partial charge in [-0.05, 0) is 50.2 Å². The molecule has 3 rings (SSSR count). The number of hydrogen-bond donors (Lipinski definition) is 2. The highest BCUT2D eigenvalue weighted by Gasteiger charge is 2.54. The van der Waals surface area contributed by atoms with Gasteiger partial charge in [-0.25, -0.2) is 0 Å². The fraction of sp³-hybridized carbons (Fsp3) is 0.500. The normalized spacial score (nSPS) is 21.0.